The minimum atomic E-state index is -0.532. The number of fused-ring (bicyclic) bond motifs is 1. The minimum Gasteiger partial charge on any atom is -0.366 e. The van der Waals surface area contributed by atoms with Crippen LogP contribution in [0.4, 0.5) is 5.95 Å². The Bertz CT molecular complexity index is 1170. The zero-order valence-corrected chi connectivity index (χ0v) is 18.2. The van der Waals surface area contributed by atoms with E-state index < -0.39 is 5.91 Å². The van der Waals surface area contributed by atoms with Crippen LogP contribution in [0.3, 0.4) is 0 Å². The van der Waals surface area contributed by atoms with Crippen LogP contribution >= 0.6 is 0 Å². The molecule has 2 aromatic heterocycles. The monoisotopic (exact) mass is 437 g/mol. The van der Waals surface area contributed by atoms with Gasteiger partial charge in [-0.15, -0.1) is 0 Å². The molecule has 0 atom stereocenters. The molecule has 3 N–H and O–H groups in total. The van der Waals surface area contributed by atoms with Gasteiger partial charge in [-0.05, 0) is 56.9 Å². The predicted molar refractivity (Wildman–Crippen MR) is 119 cm³/mol. The number of aryl methyl sites for hydroxylation is 2. The minimum absolute atomic E-state index is 0.296. The van der Waals surface area contributed by atoms with Crippen LogP contribution in [0.1, 0.15) is 46.3 Å². The third kappa shape index (κ3) is 4.20. The molecule has 0 unspecified atom stereocenters. The molecule has 0 bridgehead atoms. The summed E-state index contributed by atoms with van der Waals surface area (Å²) in [6.45, 7) is 6.41. The van der Waals surface area contributed by atoms with Crippen LogP contribution in [-0.4, -0.2) is 55.5 Å². The van der Waals surface area contributed by atoms with Gasteiger partial charge in [0.25, 0.3) is 5.91 Å². The maximum atomic E-state index is 13.0. The van der Waals surface area contributed by atoms with E-state index in [2.05, 4.69) is 15.4 Å². The molecule has 32 heavy (non-hydrogen) atoms. The Labute approximate surface area is 185 Å². The van der Waals surface area contributed by atoms with E-state index in [0.717, 1.165) is 30.5 Å². The number of carbonyl (C=O) groups is 3. The van der Waals surface area contributed by atoms with Crippen LogP contribution in [-0.2, 0) is 17.9 Å². The van der Waals surface area contributed by atoms with E-state index in [1.165, 1.54) is 0 Å². The Kier molecular flexibility index (Phi) is 5.93. The second kappa shape index (κ2) is 8.81. The lowest BCUT2D eigenvalue weighted by atomic mass is 9.97. The highest BCUT2D eigenvalue weighted by molar-refractivity contribution is 6.03. The normalized spacial score (nSPS) is 14.6. The van der Waals surface area contributed by atoms with E-state index in [4.69, 9.17) is 5.73 Å². The number of amides is 3. The molecule has 1 aliphatic rings. The first kappa shape index (κ1) is 21.5. The van der Waals surface area contributed by atoms with Gasteiger partial charge in [-0.3, -0.25) is 24.4 Å². The lowest BCUT2D eigenvalue weighted by Gasteiger charge is -2.29. The van der Waals surface area contributed by atoms with E-state index in [1.807, 2.05) is 18.4 Å². The van der Waals surface area contributed by atoms with Gasteiger partial charge in [0, 0.05) is 31.7 Å². The van der Waals surface area contributed by atoms with Crippen molar-refractivity contribution < 1.29 is 14.4 Å². The van der Waals surface area contributed by atoms with Crippen LogP contribution in [0.5, 0.6) is 0 Å². The fraction of sp³-hybridized carbons (Fsp3) is 0.409. The summed E-state index contributed by atoms with van der Waals surface area (Å²) >= 11 is 0. The largest absolute Gasteiger partial charge is 0.366 e. The average Bonchev–Trinajstić information content (AvgIpc) is 3.33. The molecule has 10 nitrogen and oxygen atoms in total. The van der Waals surface area contributed by atoms with E-state index in [1.54, 1.807) is 33.8 Å². The van der Waals surface area contributed by atoms with Crippen LogP contribution in [0, 0.1) is 12.8 Å². The number of nitrogens with two attached hydrogens (primary N) is 1. The van der Waals surface area contributed by atoms with Crippen molar-refractivity contribution in [3.05, 3.63) is 41.2 Å². The number of hydrogen-bond donors (Lipinski definition) is 2. The number of nitrogens with one attached hydrogen (secondary N) is 1. The number of piperidine rings is 1. The maximum Gasteiger partial charge on any atom is 0.276 e. The standard InChI is InChI=1S/C22H27N7O3/c1-3-29-19(10-14(2)26-29)21(32)25-22-24-17-11-16(20(23)31)4-5-18(17)28(22)12-15-6-8-27(13-30)9-7-15/h4-5,10-11,13,15H,3,6-9,12H2,1-2H3,(H2,23,31)(H,24,25,32). The van der Waals surface area contributed by atoms with Crippen molar-refractivity contribution in [3.63, 3.8) is 0 Å². The van der Waals surface area contributed by atoms with Gasteiger partial charge in [-0.2, -0.15) is 5.10 Å². The van der Waals surface area contributed by atoms with Crippen LogP contribution < -0.4 is 11.1 Å². The van der Waals surface area contributed by atoms with Crippen LogP contribution in [0.15, 0.2) is 24.3 Å². The third-order valence-corrected chi connectivity index (χ3v) is 5.93. The summed E-state index contributed by atoms with van der Waals surface area (Å²) in [5.41, 5.74) is 8.41. The van der Waals surface area contributed by atoms with Gasteiger partial charge in [0.05, 0.1) is 16.7 Å². The molecule has 10 heteroatoms. The molecule has 3 amide bonds. The number of rotatable bonds is 7. The molecular formula is C22H27N7O3. The number of likely N-dealkylation sites (tertiary alicyclic amines) is 1. The summed E-state index contributed by atoms with van der Waals surface area (Å²) in [4.78, 5) is 42.1. The summed E-state index contributed by atoms with van der Waals surface area (Å²) in [6.07, 6.45) is 2.62. The van der Waals surface area contributed by atoms with E-state index in [-0.39, 0.29) is 5.91 Å². The molecular weight excluding hydrogens is 410 g/mol. The van der Waals surface area contributed by atoms with E-state index in [9.17, 15) is 14.4 Å². The Hall–Kier alpha value is -3.69. The molecule has 0 spiro atoms. The Morgan fingerprint density at radius 3 is 2.66 bits per heavy atom. The third-order valence-electron chi connectivity index (χ3n) is 5.93. The second-order valence-electron chi connectivity index (χ2n) is 8.14. The average molecular weight is 438 g/mol. The van der Waals surface area contributed by atoms with Crippen molar-refractivity contribution in [1.82, 2.24) is 24.2 Å². The number of carbonyl (C=O) groups excluding carboxylic acids is 3. The Morgan fingerprint density at radius 1 is 1.25 bits per heavy atom. The highest BCUT2D eigenvalue weighted by Crippen LogP contribution is 2.26. The van der Waals surface area contributed by atoms with Crippen molar-refractivity contribution in [2.24, 2.45) is 11.7 Å². The van der Waals surface area contributed by atoms with Gasteiger partial charge in [0.1, 0.15) is 5.69 Å². The topological polar surface area (TPSA) is 128 Å². The number of hydrogen-bond acceptors (Lipinski definition) is 5. The van der Waals surface area contributed by atoms with Gasteiger partial charge >= 0.3 is 0 Å². The van der Waals surface area contributed by atoms with Crippen LogP contribution in [0.25, 0.3) is 11.0 Å². The summed E-state index contributed by atoms with van der Waals surface area (Å²) in [7, 11) is 0. The molecule has 0 saturated carbocycles. The maximum absolute atomic E-state index is 13.0. The molecule has 1 saturated heterocycles. The molecule has 4 rings (SSSR count). The van der Waals surface area contributed by atoms with E-state index in [0.29, 0.717) is 54.8 Å². The Balaban J connectivity index is 1.68. The van der Waals surface area contributed by atoms with Crippen LogP contribution in [0.2, 0.25) is 0 Å². The predicted octanol–water partition coefficient (Wildman–Crippen LogP) is 1.78. The van der Waals surface area contributed by atoms with Gasteiger partial charge in [0.2, 0.25) is 18.3 Å². The van der Waals surface area contributed by atoms with E-state index >= 15 is 0 Å². The lowest BCUT2D eigenvalue weighted by molar-refractivity contribution is -0.119. The molecule has 3 aromatic rings. The molecule has 168 valence electrons. The lowest BCUT2D eigenvalue weighted by Crippen LogP contribution is -2.34. The summed E-state index contributed by atoms with van der Waals surface area (Å²) < 4.78 is 3.62. The fourth-order valence-electron chi connectivity index (χ4n) is 4.20. The molecule has 0 aliphatic carbocycles. The molecule has 0 radical (unpaired) electrons. The van der Waals surface area contributed by atoms with Gasteiger partial charge in [0.15, 0.2) is 0 Å². The number of anilines is 1. The van der Waals surface area contributed by atoms with Crippen molar-refractivity contribution in [1.29, 1.82) is 0 Å². The van der Waals surface area contributed by atoms with Crippen molar-refractivity contribution in [2.45, 2.75) is 39.8 Å². The SMILES string of the molecule is CCn1nc(C)cc1C(=O)Nc1nc2cc(C(N)=O)ccc2n1CC1CCN(C=O)CC1. The van der Waals surface area contributed by atoms with Gasteiger partial charge in [-0.25, -0.2) is 4.98 Å². The number of benzene rings is 1. The van der Waals surface area contributed by atoms with Gasteiger partial charge < -0.3 is 15.2 Å². The fourth-order valence-corrected chi connectivity index (χ4v) is 4.20. The highest BCUT2D eigenvalue weighted by Gasteiger charge is 2.23. The Morgan fingerprint density at radius 2 is 2.00 bits per heavy atom. The first-order valence-electron chi connectivity index (χ1n) is 10.7. The number of aromatic nitrogens is 4. The van der Waals surface area contributed by atoms with Crippen molar-refractivity contribution in [3.8, 4) is 0 Å². The first-order valence-corrected chi connectivity index (χ1v) is 10.7. The molecule has 1 aromatic carbocycles. The number of primary amides is 1. The molecule has 1 aliphatic heterocycles. The first-order chi connectivity index (χ1) is 15.4. The zero-order valence-electron chi connectivity index (χ0n) is 18.2. The van der Waals surface area contributed by atoms with Crippen molar-refractivity contribution in [2.75, 3.05) is 18.4 Å². The quantitative estimate of drug-likeness (QED) is 0.545. The number of imidazole rings is 1. The number of nitrogens with zero attached hydrogens (tertiary/aromatic N) is 5. The van der Waals surface area contributed by atoms with Gasteiger partial charge in [-0.1, -0.05) is 0 Å². The summed E-state index contributed by atoms with van der Waals surface area (Å²) in [5, 5.41) is 7.27. The highest BCUT2D eigenvalue weighted by atomic mass is 16.2. The summed E-state index contributed by atoms with van der Waals surface area (Å²) in [6, 6.07) is 6.85. The zero-order chi connectivity index (χ0) is 22.8. The molecule has 3 heterocycles. The smallest absolute Gasteiger partial charge is 0.276 e. The van der Waals surface area contributed by atoms with Crippen molar-refractivity contribution >= 4 is 35.2 Å². The molecule has 1 fully saturated rings. The second-order valence-corrected chi connectivity index (χ2v) is 8.14. The summed E-state index contributed by atoms with van der Waals surface area (Å²) in [5.74, 6) is -0.0880.